The topological polar surface area (TPSA) is 95.9 Å². The van der Waals surface area contributed by atoms with E-state index in [1.54, 1.807) is 25.1 Å². The van der Waals surface area contributed by atoms with Gasteiger partial charge in [-0.15, -0.1) is 0 Å². The molecule has 162 valence electrons. The van der Waals surface area contributed by atoms with Crippen LogP contribution in [-0.4, -0.2) is 40.2 Å². The van der Waals surface area contributed by atoms with E-state index in [-0.39, 0.29) is 21.4 Å². The van der Waals surface area contributed by atoms with Crippen molar-refractivity contribution in [2.75, 3.05) is 18.5 Å². The van der Waals surface area contributed by atoms with E-state index < -0.39 is 23.6 Å². The predicted octanol–water partition coefficient (Wildman–Crippen LogP) is 5.08. The number of carbonyl (C=O) groups is 3. The van der Waals surface area contributed by atoms with Gasteiger partial charge in [-0.2, -0.15) is 0 Å². The zero-order valence-electron chi connectivity index (χ0n) is 16.6. The molecule has 31 heavy (non-hydrogen) atoms. The second-order valence-electron chi connectivity index (χ2n) is 6.56. The van der Waals surface area contributed by atoms with Gasteiger partial charge in [0.1, 0.15) is 6.54 Å². The molecule has 10 heteroatoms. The Morgan fingerprint density at radius 3 is 2.65 bits per heavy atom. The Morgan fingerprint density at radius 2 is 1.97 bits per heavy atom. The highest BCUT2D eigenvalue weighted by Gasteiger charge is 2.36. The van der Waals surface area contributed by atoms with E-state index in [1.807, 2.05) is 6.92 Å². The minimum absolute atomic E-state index is 0.0487. The third-order valence-corrected chi connectivity index (χ3v) is 5.88. The summed E-state index contributed by atoms with van der Waals surface area (Å²) < 4.78 is 5.32. The number of anilines is 1. The quantitative estimate of drug-likeness (QED) is 0.559. The van der Waals surface area contributed by atoms with Crippen LogP contribution in [0.1, 0.15) is 18.1 Å². The van der Waals surface area contributed by atoms with Crippen molar-refractivity contribution < 1.29 is 24.2 Å². The molecule has 1 aliphatic rings. The third kappa shape index (κ3) is 5.33. The Balaban J connectivity index is 1.74. The average molecular weight is 481 g/mol. The van der Waals surface area contributed by atoms with Crippen molar-refractivity contribution in [1.82, 2.24) is 4.90 Å². The molecule has 0 spiro atoms. The maximum absolute atomic E-state index is 12.7. The number of ether oxygens (including phenoxy) is 1. The Bertz CT molecular complexity index is 1100. The molecule has 0 bridgehead atoms. The van der Waals surface area contributed by atoms with Gasteiger partial charge in [-0.05, 0) is 67.1 Å². The first kappa shape index (κ1) is 23.0. The van der Waals surface area contributed by atoms with Crippen molar-refractivity contribution in [2.45, 2.75) is 13.8 Å². The van der Waals surface area contributed by atoms with Gasteiger partial charge in [0.25, 0.3) is 11.1 Å². The standard InChI is InChI=1S/C21H18Cl2N2O5S/c1-3-30-16-7-12(6-15(23)19(16)27)8-17-20(28)25(21(29)31-17)10-18(26)24-13-5-4-11(2)14(22)9-13/h4-9,27H,3,10H2,1-2H3,(H,24,26)/b17-8-. The molecule has 0 atom stereocenters. The molecule has 2 aromatic carbocycles. The number of imide groups is 1. The lowest BCUT2D eigenvalue weighted by Crippen LogP contribution is -2.36. The third-order valence-electron chi connectivity index (χ3n) is 4.28. The molecule has 0 unspecified atom stereocenters. The lowest BCUT2D eigenvalue weighted by Gasteiger charge is -2.13. The lowest BCUT2D eigenvalue weighted by atomic mass is 10.2. The first-order valence-electron chi connectivity index (χ1n) is 9.16. The number of halogens is 2. The second-order valence-corrected chi connectivity index (χ2v) is 8.37. The van der Waals surface area contributed by atoms with Gasteiger partial charge < -0.3 is 15.2 Å². The fraction of sp³-hybridized carbons (Fsp3) is 0.190. The molecule has 1 fully saturated rings. The first-order chi connectivity index (χ1) is 14.7. The second kappa shape index (κ2) is 9.64. The van der Waals surface area contributed by atoms with E-state index in [1.165, 1.54) is 18.2 Å². The number of carbonyl (C=O) groups excluding carboxylic acids is 3. The van der Waals surface area contributed by atoms with Crippen LogP contribution in [0.5, 0.6) is 11.5 Å². The molecular formula is C21H18Cl2N2O5S. The van der Waals surface area contributed by atoms with Crippen LogP contribution in [-0.2, 0) is 9.59 Å². The summed E-state index contributed by atoms with van der Waals surface area (Å²) in [6, 6.07) is 7.97. The molecule has 3 rings (SSSR count). The zero-order valence-corrected chi connectivity index (χ0v) is 18.9. The van der Waals surface area contributed by atoms with E-state index in [0.29, 0.717) is 34.6 Å². The number of hydrogen-bond acceptors (Lipinski definition) is 6. The molecular weight excluding hydrogens is 463 g/mol. The Hall–Kier alpha value is -2.68. The van der Waals surface area contributed by atoms with Gasteiger partial charge in [0.15, 0.2) is 11.5 Å². The molecule has 7 nitrogen and oxygen atoms in total. The van der Waals surface area contributed by atoms with E-state index in [9.17, 15) is 19.5 Å². The van der Waals surface area contributed by atoms with Crippen molar-refractivity contribution >= 4 is 63.8 Å². The Labute approximate surface area is 193 Å². The van der Waals surface area contributed by atoms with Crippen LogP contribution < -0.4 is 10.1 Å². The molecule has 1 aliphatic heterocycles. The van der Waals surface area contributed by atoms with Crippen LogP contribution in [0.4, 0.5) is 10.5 Å². The van der Waals surface area contributed by atoms with Gasteiger partial charge in [-0.1, -0.05) is 29.3 Å². The van der Waals surface area contributed by atoms with Crippen LogP contribution in [0.15, 0.2) is 35.2 Å². The summed E-state index contributed by atoms with van der Waals surface area (Å²) >= 11 is 12.8. The summed E-state index contributed by atoms with van der Waals surface area (Å²) in [4.78, 5) is 38.3. The molecule has 2 N–H and O–H groups in total. The summed E-state index contributed by atoms with van der Waals surface area (Å²) in [6.45, 7) is 3.46. The molecule has 0 saturated carbocycles. The molecule has 1 heterocycles. The van der Waals surface area contributed by atoms with Crippen molar-refractivity contribution in [3.8, 4) is 11.5 Å². The number of aryl methyl sites for hydroxylation is 1. The lowest BCUT2D eigenvalue weighted by molar-refractivity contribution is -0.127. The average Bonchev–Trinajstić information content (AvgIpc) is 2.96. The largest absolute Gasteiger partial charge is 0.503 e. The molecule has 2 aromatic rings. The van der Waals surface area contributed by atoms with Gasteiger partial charge in [0.2, 0.25) is 5.91 Å². The summed E-state index contributed by atoms with van der Waals surface area (Å²) in [7, 11) is 0. The van der Waals surface area contributed by atoms with Gasteiger partial charge in [0.05, 0.1) is 16.5 Å². The van der Waals surface area contributed by atoms with Gasteiger partial charge in [0, 0.05) is 10.7 Å². The minimum Gasteiger partial charge on any atom is -0.503 e. The van der Waals surface area contributed by atoms with Gasteiger partial charge >= 0.3 is 0 Å². The van der Waals surface area contributed by atoms with Crippen LogP contribution in [0.3, 0.4) is 0 Å². The van der Waals surface area contributed by atoms with E-state index in [0.717, 1.165) is 10.5 Å². The van der Waals surface area contributed by atoms with Crippen molar-refractivity contribution in [2.24, 2.45) is 0 Å². The van der Waals surface area contributed by atoms with Crippen molar-refractivity contribution in [1.29, 1.82) is 0 Å². The predicted molar refractivity (Wildman–Crippen MR) is 122 cm³/mol. The SMILES string of the molecule is CCOc1cc(/C=C2\SC(=O)N(CC(=O)Nc3ccc(C)c(Cl)c3)C2=O)cc(Cl)c1O. The number of hydrogen-bond donors (Lipinski definition) is 2. The highest BCUT2D eigenvalue weighted by atomic mass is 35.5. The first-order valence-corrected chi connectivity index (χ1v) is 10.7. The summed E-state index contributed by atoms with van der Waals surface area (Å²) in [5, 5.41) is 12.5. The molecule has 0 aliphatic carbocycles. The maximum atomic E-state index is 12.7. The molecule has 1 saturated heterocycles. The highest BCUT2D eigenvalue weighted by Crippen LogP contribution is 2.38. The molecule has 0 aromatic heterocycles. The normalized spacial score (nSPS) is 15.0. The zero-order chi connectivity index (χ0) is 22.7. The number of benzene rings is 2. The smallest absolute Gasteiger partial charge is 0.294 e. The summed E-state index contributed by atoms with van der Waals surface area (Å²) in [5.41, 5.74) is 1.79. The Morgan fingerprint density at radius 1 is 1.23 bits per heavy atom. The van der Waals surface area contributed by atoms with Crippen LogP contribution in [0, 0.1) is 6.92 Å². The number of phenols is 1. The van der Waals surface area contributed by atoms with E-state index >= 15 is 0 Å². The molecule has 3 amide bonds. The summed E-state index contributed by atoms with van der Waals surface area (Å²) in [5.74, 6) is -1.18. The van der Waals surface area contributed by atoms with E-state index in [2.05, 4.69) is 5.32 Å². The van der Waals surface area contributed by atoms with Gasteiger partial charge in [-0.25, -0.2) is 0 Å². The number of amides is 3. The number of thioether (sulfide) groups is 1. The minimum atomic E-state index is -0.603. The van der Waals surface area contributed by atoms with Crippen molar-refractivity contribution in [3.05, 3.63) is 56.4 Å². The number of rotatable bonds is 6. The van der Waals surface area contributed by atoms with Crippen molar-refractivity contribution in [3.63, 3.8) is 0 Å². The number of phenolic OH excluding ortho intramolecular Hbond substituents is 1. The molecule has 0 radical (unpaired) electrons. The fourth-order valence-corrected chi connectivity index (χ4v) is 3.98. The van der Waals surface area contributed by atoms with Crippen LogP contribution >= 0.6 is 35.0 Å². The van der Waals surface area contributed by atoms with Crippen LogP contribution in [0.2, 0.25) is 10.0 Å². The van der Waals surface area contributed by atoms with Crippen LogP contribution in [0.25, 0.3) is 6.08 Å². The number of nitrogens with zero attached hydrogens (tertiary/aromatic N) is 1. The Kier molecular flexibility index (Phi) is 7.15. The highest BCUT2D eigenvalue weighted by molar-refractivity contribution is 8.18. The maximum Gasteiger partial charge on any atom is 0.294 e. The van der Waals surface area contributed by atoms with Gasteiger partial charge in [-0.3, -0.25) is 19.3 Å². The fourth-order valence-electron chi connectivity index (χ4n) is 2.75. The number of aromatic hydroxyl groups is 1. The monoisotopic (exact) mass is 480 g/mol. The number of nitrogens with one attached hydrogen (secondary N) is 1. The summed E-state index contributed by atoms with van der Waals surface area (Å²) in [6.07, 6.45) is 1.45. The van der Waals surface area contributed by atoms with E-state index in [4.69, 9.17) is 27.9 Å².